The summed E-state index contributed by atoms with van der Waals surface area (Å²) in [6.07, 6.45) is 0.429. The van der Waals surface area contributed by atoms with Crippen molar-refractivity contribution in [2.45, 2.75) is 33.7 Å². The summed E-state index contributed by atoms with van der Waals surface area (Å²) in [6.45, 7) is 7.94. The van der Waals surface area contributed by atoms with Gasteiger partial charge >= 0.3 is 5.97 Å². The van der Waals surface area contributed by atoms with E-state index in [0.717, 1.165) is 6.54 Å². The molecular weight excluding hydrogens is 214 g/mol. The Morgan fingerprint density at radius 3 is 2.71 bits per heavy atom. The largest absolute Gasteiger partial charge is 0.466 e. The summed E-state index contributed by atoms with van der Waals surface area (Å²) in [7, 11) is 0. The van der Waals surface area contributed by atoms with Gasteiger partial charge < -0.3 is 10.1 Å². The predicted octanol–water partition coefficient (Wildman–Crippen LogP) is 2.35. The van der Waals surface area contributed by atoms with Gasteiger partial charge in [0.25, 0.3) is 0 Å². The quantitative estimate of drug-likeness (QED) is 0.607. The molecule has 0 unspecified atom stereocenters. The third-order valence-electron chi connectivity index (χ3n) is 2.71. The Bertz CT molecular complexity index is 374. The Morgan fingerprint density at radius 1 is 1.29 bits per heavy atom. The molecule has 1 aromatic rings. The first-order chi connectivity index (χ1) is 8.13. The average molecular weight is 235 g/mol. The number of esters is 1. The number of hydrogen-bond donors (Lipinski definition) is 1. The van der Waals surface area contributed by atoms with E-state index in [2.05, 4.69) is 37.4 Å². The van der Waals surface area contributed by atoms with Crippen LogP contribution in [-0.4, -0.2) is 19.1 Å². The highest BCUT2D eigenvalue weighted by molar-refractivity contribution is 5.69. The number of hydrogen-bond acceptors (Lipinski definition) is 3. The van der Waals surface area contributed by atoms with E-state index in [1.54, 1.807) is 0 Å². The molecule has 0 bridgehead atoms. The Kier molecular flexibility index (Phi) is 5.70. The number of ether oxygens (including phenoxy) is 1. The number of carbonyl (C=O) groups excluding carboxylic acids is 1. The zero-order valence-corrected chi connectivity index (χ0v) is 10.9. The van der Waals surface area contributed by atoms with Crippen LogP contribution in [0.25, 0.3) is 0 Å². The zero-order chi connectivity index (χ0) is 12.7. The molecule has 0 aliphatic heterocycles. The first-order valence-corrected chi connectivity index (χ1v) is 6.06. The summed E-state index contributed by atoms with van der Waals surface area (Å²) in [5.41, 5.74) is 3.85. The van der Waals surface area contributed by atoms with E-state index in [1.165, 1.54) is 16.7 Å². The molecule has 17 heavy (non-hydrogen) atoms. The third-order valence-corrected chi connectivity index (χ3v) is 2.71. The normalized spacial score (nSPS) is 10.3. The lowest BCUT2D eigenvalue weighted by molar-refractivity contribution is -0.142. The summed E-state index contributed by atoms with van der Waals surface area (Å²) in [4.78, 5) is 11.1. The van der Waals surface area contributed by atoms with Crippen LogP contribution < -0.4 is 5.32 Å². The molecule has 0 fully saturated rings. The van der Waals surface area contributed by atoms with Crippen molar-refractivity contribution in [3.8, 4) is 0 Å². The summed E-state index contributed by atoms with van der Waals surface area (Å²) in [6, 6.07) is 6.41. The van der Waals surface area contributed by atoms with E-state index >= 15 is 0 Å². The lowest BCUT2D eigenvalue weighted by Gasteiger charge is -2.07. The molecule has 0 heterocycles. The fourth-order valence-electron chi connectivity index (χ4n) is 1.57. The van der Waals surface area contributed by atoms with Gasteiger partial charge in [-0.25, -0.2) is 0 Å². The summed E-state index contributed by atoms with van der Waals surface area (Å²) >= 11 is 0. The standard InChI is InChI=1S/C14H21NO2/c1-4-17-14(16)7-8-15-10-13-6-5-11(2)12(3)9-13/h5-6,9,15H,4,7-8,10H2,1-3H3. The van der Waals surface area contributed by atoms with Gasteiger partial charge in [-0.15, -0.1) is 0 Å². The van der Waals surface area contributed by atoms with Crippen molar-refractivity contribution < 1.29 is 9.53 Å². The van der Waals surface area contributed by atoms with E-state index in [1.807, 2.05) is 6.92 Å². The molecule has 0 radical (unpaired) electrons. The molecule has 0 saturated carbocycles. The minimum absolute atomic E-state index is 0.139. The number of nitrogens with one attached hydrogen (secondary N) is 1. The van der Waals surface area contributed by atoms with E-state index in [-0.39, 0.29) is 5.97 Å². The number of rotatable bonds is 6. The van der Waals surface area contributed by atoms with Gasteiger partial charge in [-0.3, -0.25) is 4.79 Å². The molecule has 0 amide bonds. The van der Waals surface area contributed by atoms with Crippen LogP contribution in [0.4, 0.5) is 0 Å². The van der Waals surface area contributed by atoms with Gasteiger partial charge in [0.05, 0.1) is 13.0 Å². The average Bonchev–Trinajstić information content (AvgIpc) is 2.29. The summed E-state index contributed by atoms with van der Waals surface area (Å²) in [5.74, 6) is -0.139. The maximum absolute atomic E-state index is 11.1. The minimum Gasteiger partial charge on any atom is -0.466 e. The third kappa shape index (κ3) is 5.00. The molecular formula is C14H21NO2. The Morgan fingerprint density at radius 2 is 2.06 bits per heavy atom. The molecule has 0 aromatic heterocycles. The molecule has 3 nitrogen and oxygen atoms in total. The first kappa shape index (κ1) is 13.7. The molecule has 1 rings (SSSR count). The van der Waals surface area contributed by atoms with Gasteiger partial charge in [-0.1, -0.05) is 18.2 Å². The van der Waals surface area contributed by atoms with Crippen LogP contribution in [0.15, 0.2) is 18.2 Å². The van der Waals surface area contributed by atoms with Crippen LogP contribution in [0, 0.1) is 13.8 Å². The van der Waals surface area contributed by atoms with Crippen LogP contribution in [0.1, 0.15) is 30.0 Å². The monoisotopic (exact) mass is 235 g/mol. The van der Waals surface area contributed by atoms with Crippen molar-refractivity contribution in [3.63, 3.8) is 0 Å². The number of carbonyl (C=O) groups is 1. The van der Waals surface area contributed by atoms with Gasteiger partial charge in [0, 0.05) is 13.1 Å². The van der Waals surface area contributed by atoms with E-state index < -0.39 is 0 Å². The van der Waals surface area contributed by atoms with Crippen LogP contribution in [0.2, 0.25) is 0 Å². The SMILES string of the molecule is CCOC(=O)CCNCc1ccc(C)c(C)c1. The number of aryl methyl sites for hydroxylation is 2. The predicted molar refractivity (Wildman–Crippen MR) is 68.9 cm³/mol. The number of benzene rings is 1. The summed E-state index contributed by atoms with van der Waals surface area (Å²) < 4.78 is 4.85. The highest BCUT2D eigenvalue weighted by Gasteiger charge is 2.01. The van der Waals surface area contributed by atoms with Crippen molar-refractivity contribution >= 4 is 5.97 Å². The van der Waals surface area contributed by atoms with E-state index in [4.69, 9.17) is 4.74 Å². The van der Waals surface area contributed by atoms with Crippen LogP contribution in [-0.2, 0) is 16.1 Å². The van der Waals surface area contributed by atoms with Crippen molar-refractivity contribution in [2.24, 2.45) is 0 Å². The highest BCUT2D eigenvalue weighted by Crippen LogP contribution is 2.09. The smallest absolute Gasteiger partial charge is 0.307 e. The van der Waals surface area contributed by atoms with Crippen LogP contribution in [0.5, 0.6) is 0 Å². The maximum atomic E-state index is 11.1. The maximum Gasteiger partial charge on any atom is 0.307 e. The van der Waals surface area contributed by atoms with Gasteiger partial charge in [-0.2, -0.15) is 0 Å². The molecule has 0 aliphatic rings. The van der Waals surface area contributed by atoms with Crippen molar-refractivity contribution in [1.29, 1.82) is 0 Å². The van der Waals surface area contributed by atoms with Gasteiger partial charge in [0.2, 0.25) is 0 Å². The fraction of sp³-hybridized carbons (Fsp3) is 0.500. The molecule has 1 N–H and O–H groups in total. The lowest BCUT2D eigenvalue weighted by atomic mass is 10.1. The van der Waals surface area contributed by atoms with Gasteiger partial charge in [0.15, 0.2) is 0 Å². The molecule has 0 aliphatic carbocycles. The Hall–Kier alpha value is -1.35. The van der Waals surface area contributed by atoms with Crippen molar-refractivity contribution in [3.05, 3.63) is 34.9 Å². The Balaban J connectivity index is 2.26. The van der Waals surface area contributed by atoms with Crippen molar-refractivity contribution in [2.75, 3.05) is 13.2 Å². The molecule has 94 valence electrons. The van der Waals surface area contributed by atoms with Crippen LogP contribution >= 0.6 is 0 Å². The van der Waals surface area contributed by atoms with E-state index in [0.29, 0.717) is 19.6 Å². The minimum atomic E-state index is -0.139. The zero-order valence-electron chi connectivity index (χ0n) is 10.9. The fourth-order valence-corrected chi connectivity index (χ4v) is 1.57. The van der Waals surface area contributed by atoms with Gasteiger partial charge in [0.1, 0.15) is 0 Å². The first-order valence-electron chi connectivity index (χ1n) is 6.06. The summed E-state index contributed by atoms with van der Waals surface area (Å²) in [5, 5.41) is 3.24. The second-order valence-electron chi connectivity index (χ2n) is 4.15. The van der Waals surface area contributed by atoms with Crippen molar-refractivity contribution in [1.82, 2.24) is 5.32 Å². The van der Waals surface area contributed by atoms with E-state index in [9.17, 15) is 4.79 Å². The topological polar surface area (TPSA) is 38.3 Å². The molecule has 0 atom stereocenters. The highest BCUT2D eigenvalue weighted by atomic mass is 16.5. The van der Waals surface area contributed by atoms with Crippen LogP contribution in [0.3, 0.4) is 0 Å². The lowest BCUT2D eigenvalue weighted by Crippen LogP contribution is -2.19. The molecule has 1 aromatic carbocycles. The second-order valence-corrected chi connectivity index (χ2v) is 4.15. The molecule has 0 spiro atoms. The van der Waals surface area contributed by atoms with Gasteiger partial charge in [-0.05, 0) is 37.5 Å². The Labute approximate surface area is 103 Å². The molecule has 3 heteroatoms. The molecule has 0 saturated heterocycles. The second kappa shape index (κ2) is 7.07.